The molecule has 0 fully saturated rings. The van der Waals surface area contributed by atoms with Crippen molar-refractivity contribution in [3.05, 3.63) is 12.3 Å². The van der Waals surface area contributed by atoms with Crippen LogP contribution in [0.25, 0.3) is 0 Å². The second kappa shape index (κ2) is 2.75. The lowest BCUT2D eigenvalue weighted by molar-refractivity contribution is 0.428. The average Bonchev–Trinajstić information content (AvgIpc) is 1.27. The summed E-state index contributed by atoms with van der Waals surface area (Å²) in [7, 11) is 0. The Morgan fingerprint density at radius 3 is 2.00 bits per heavy atom. The van der Waals surface area contributed by atoms with Gasteiger partial charge in [0, 0.05) is 6.92 Å². The Morgan fingerprint density at radius 1 is 1.57 bits per heavy atom. The molecule has 40 valence electrons. The molecule has 0 amide bonds. The molecule has 0 saturated heterocycles. The quantitative estimate of drug-likeness (QED) is 0.382. The van der Waals surface area contributed by atoms with Crippen molar-refractivity contribution in [2.45, 2.75) is 13.8 Å². The molecule has 0 rings (SSSR count). The van der Waals surface area contributed by atoms with Crippen LogP contribution in [0.4, 0.5) is 0 Å². The van der Waals surface area contributed by atoms with Gasteiger partial charge in [-0.1, -0.05) is 6.58 Å². The maximum atomic E-state index is 4.79. The van der Waals surface area contributed by atoms with Gasteiger partial charge in [-0.15, -0.1) is 0 Å². The van der Waals surface area contributed by atoms with E-state index in [9.17, 15) is 0 Å². The van der Waals surface area contributed by atoms with Gasteiger partial charge in [-0.2, -0.15) is 0 Å². The Kier molecular flexibility index (Phi) is 2.60. The first-order chi connectivity index (χ1) is 3.13. The van der Waals surface area contributed by atoms with Crippen molar-refractivity contribution in [2.75, 3.05) is 0 Å². The van der Waals surface area contributed by atoms with Crippen LogP contribution in [0.1, 0.15) is 13.8 Å². The van der Waals surface area contributed by atoms with Gasteiger partial charge in [0.25, 0.3) is 0 Å². The van der Waals surface area contributed by atoms with Gasteiger partial charge in [0.2, 0.25) is 0 Å². The zero-order valence-corrected chi connectivity index (χ0v) is 5.34. The Balaban J connectivity index is 3.32. The van der Waals surface area contributed by atoms with Gasteiger partial charge in [-0.05, 0) is 19.1 Å². The Bertz CT molecular complexity index is 84.3. The van der Waals surface area contributed by atoms with Crippen molar-refractivity contribution < 1.29 is 4.74 Å². The van der Waals surface area contributed by atoms with Gasteiger partial charge in [-0.25, -0.2) is 0 Å². The Labute approximate surface area is 49.0 Å². The predicted molar refractivity (Wildman–Crippen MR) is 34.2 cm³/mol. The first-order valence-electron chi connectivity index (χ1n) is 1.97. The minimum absolute atomic E-state index is 0.521. The second-order valence-corrected chi connectivity index (χ2v) is 1.87. The van der Waals surface area contributed by atoms with E-state index < -0.39 is 0 Å². The standard InChI is InChI=1S/C5H8OS/c1-4(2)6-5(3)7/h1H2,2-3H3. The molecule has 0 aromatic heterocycles. The number of hydrogen-bond acceptors (Lipinski definition) is 2. The highest BCUT2D eigenvalue weighted by Crippen LogP contribution is 1.90. The zero-order valence-electron chi connectivity index (χ0n) is 4.52. The van der Waals surface area contributed by atoms with E-state index in [-0.39, 0.29) is 0 Å². The van der Waals surface area contributed by atoms with Crippen LogP contribution in [-0.4, -0.2) is 5.05 Å². The maximum Gasteiger partial charge on any atom is 0.163 e. The third kappa shape index (κ3) is 5.63. The van der Waals surface area contributed by atoms with Crippen LogP contribution in [0.3, 0.4) is 0 Å². The van der Waals surface area contributed by atoms with Crippen LogP contribution in [-0.2, 0) is 4.74 Å². The van der Waals surface area contributed by atoms with Crippen LogP contribution in [0.15, 0.2) is 12.3 Å². The van der Waals surface area contributed by atoms with Gasteiger partial charge in [0.15, 0.2) is 5.05 Å². The molecule has 0 aliphatic heterocycles. The van der Waals surface area contributed by atoms with E-state index in [4.69, 9.17) is 4.74 Å². The van der Waals surface area contributed by atoms with E-state index in [1.54, 1.807) is 13.8 Å². The van der Waals surface area contributed by atoms with Crippen molar-refractivity contribution >= 4 is 17.3 Å². The zero-order chi connectivity index (χ0) is 5.86. The summed E-state index contributed by atoms with van der Waals surface area (Å²) in [5.74, 6) is 0.646. The summed E-state index contributed by atoms with van der Waals surface area (Å²) < 4.78 is 4.79. The molecular weight excluding hydrogens is 108 g/mol. The average molecular weight is 116 g/mol. The molecule has 0 aliphatic rings. The van der Waals surface area contributed by atoms with Crippen LogP contribution >= 0.6 is 12.2 Å². The number of allylic oxidation sites excluding steroid dienone is 1. The van der Waals surface area contributed by atoms with Crippen molar-refractivity contribution in [1.29, 1.82) is 0 Å². The fourth-order valence-corrected chi connectivity index (χ4v) is 0.388. The molecule has 2 heteroatoms. The lowest BCUT2D eigenvalue weighted by atomic mass is 10.6. The molecule has 0 spiro atoms. The maximum absolute atomic E-state index is 4.79. The van der Waals surface area contributed by atoms with Gasteiger partial charge in [0.1, 0.15) is 0 Å². The van der Waals surface area contributed by atoms with E-state index in [1.165, 1.54) is 0 Å². The molecule has 0 heterocycles. The number of rotatable bonds is 1. The number of ether oxygens (including phenoxy) is 1. The lowest BCUT2D eigenvalue weighted by Gasteiger charge is -1.97. The summed E-state index contributed by atoms with van der Waals surface area (Å²) >= 11 is 4.59. The third-order valence-electron chi connectivity index (χ3n) is 0.318. The topological polar surface area (TPSA) is 9.23 Å². The fourth-order valence-electron chi connectivity index (χ4n) is 0.245. The summed E-state index contributed by atoms with van der Waals surface area (Å²) in [6, 6.07) is 0. The SMILES string of the molecule is C=C(C)OC(C)=S. The lowest BCUT2D eigenvalue weighted by Crippen LogP contribution is -1.90. The van der Waals surface area contributed by atoms with Crippen LogP contribution in [0.5, 0.6) is 0 Å². The van der Waals surface area contributed by atoms with Crippen LogP contribution in [0, 0.1) is 0 Å². The summed E-state index contributed by atoms with van der Waals surface area (Å²) in [5, 5.41) is 0.521. The smallest absolute Gasteiger partial charge is 0.163 e. The summed E-state index contributed by atoms with van der Waals surface area (Å²) in [5.41, 5.74) is 0. The summed E-state index contributed by atoms with van der Waals surface area (Å²) in [6.45, 7) is 6.96. The third-order valence-corrected chi connectivity index (χ3v) is 0.401. The van der Waals surface area contributed by atoms with E-state index in [0.717, 1.165) is 0 Å². The van der Waals surface area contributed by atoms with E-state index in [0.29, 0.717) is 10.8 Å². The molecule has 7 heavy (non-hydrogen) atoms. The molecule has 0 unspecified atom stereocenters. The summed E-state index contributed by atoms with van der Waals surface area (Å²) in [6.07, 6.45) is 0. The van der Waals surface area contributed by atoms with Gasteiger partial charge in [0.05, 0.1) is 5.76 Å². The minimum atomic E-state index is 0.521. The molecule has 0 radical (unpaired) electrons. The highest BCUT2D eigenvalue weighted by Gasteiger charge is 1.83. The first kappa shape index (κ1) is 6.63. The van der Waals surface area contributed by atoms with Crippen molar-refractivity contribution in [1.82, 2.24) is 0 Å². The van der Waals surface area contributed by atoms with Crippen molar-refractivity contribution in [3.63, 3.8) is 0 Å². The number of hydrogen-bond donors (Lipinski definition) is 0. The number of thiocarbonyl (C=S) groups is 1. The van der Waals surface area contributed by atoms with Crippen LogP contribution < -0.4 is 0 Å². The Hall–Kier alpha value is -0.370. The van der Waals surface area contributed by atoms with Gasteiger partial charge < -0.3 is 4.74 Å². The monoisotopic (exact) mass is 116 g/mol. The van der Waals surface area contributed by atoms with Crippen molar-refractivity contribution in [3.8, 4) is 0 Å². The molecule has 0 aliphatic carbocycles. The van der Waals surface area contributed by atoms with Crippen LogP contribution in [0.2, 0.25) is 0 Å². The molecule has 0 N–H and O–H groups in total. The first-order valence-corrected chi connectivity index (χ1v) is 2.37. The second-order valence-electron chi connectivity index (χ2n) is 1.30. The summed E-state index contributed by atoms with van der Waals surface area (Å²) in [4.78, 5) is 0. The molecule has 0 atom stereocenters. The molecule has 0 aromatic carbocycles. The molecule has 0 saturated carbocycles. The Morgan fingerprint density at radius 2 is 2.00 bits per heavy atom. The molecule has 1 nitrogen and oxygen atoms in total. The van der Waals surface area contributed by atoms with Gasteiger partial charge >= 0.3 is 0 Å². The van der Waals surface area contributed by atoms with E-state index in [1.807, 2.05) is 0 Å². The van der Waals surface area contributed by atoms with Crippen molar-refractivity contribution in [2.24, 2.45) is 0 Å². The minimum Gasteiger partial charge on any atom is -0.456 e. The molecule has 0 bridgehead atoms. The predicted octanol–water partition coefficient (Wildman–Crippen LogP) is 1.88. The highest BCUT2D eigenvalue weighted by molar-refractivity contribution is 7.80. The van der Waals surface area contributed by atoms with Gasteiger partial charge in [-0.3, -0.25) is 0 Å². The van der Waals surface area contributed by atoms with E-state index >= 15 is 0 Å². The molecule has 0 aromatic rings. The van der Waals surface area contributed by atoms with E-state index in [2.05, 4.69) is 18.8 Å². The normalized spacial score (nSPS) is 7.71. The largest absolute Gasteiger partial charge is 0.456 e. The molecular formula is C5H8OS. The fraction of sp³-hybridized carbons (Fsp3) is 0.400. The highest BCUT2D eigenvalue weighted by atomic mass is 32.1.